The molecule has 2 fully saturated rings. The summed E-state index contributed by atoms with van der Waals surface area (Å²) in [6.07, 6.45) is 0.525. The van der Waals surface area contributed by atoms with Gasteiger partial charge in [0.05, 0.1) is 11.3 Å². The molecule has 1 saturated carbocycles. The van der Waals surface area contributed by atoms with E-state index >= 15 is 0 Å². The van der Waals surface area contributed by atoms with E-state index in [-0.39, 0.29) is 23.5 Å². The van der Waals surface area contributed by atoms with E-state index in [4.69, 9.17) is 0 Å². The predicted molar refractivity (Wildman–Crippen MR) is 58.7 cm³/mol. The number of likely N-dealkylation sites (tertiary alicyclic amines) is 1. The highest BCUT2D eigenvalue weighted by Crippen LogP contribution is 2.60. The minimum Gasteiger partial charge on any atom is -0.285 e. The molecule has 2 amide bonds. The summed E-state index contributed by atoms with van der Waals surface area (Å²) in [7, 11) is 1.49. The van der Waals surface area contributed by atoms with Crippen LogP contribution >= 0.6 is 0 Å². The molecule has 0 radical (unpaired) electrons. The number of benzene rings is 1. The zero-order valence-electron chi connectivity index (χ0n) is 9.66. The van der Waals surface area contributed by atoms with E-state index in [1.54, 1.807) is 19.1 Å². The summed E-state index contributed by atoms with van der Waals surface area (Å²) < 4.78 is 13.5. The molecule has 1 heterocycles. The fourth-order valence-corrected chi connectivity index (χ4v) is 2.74. The van der Waals surface area contributed by atoms with Crippen LogP contribution in [-0.4, -0.2) is 23.8 Å². The molecule has 3 rings (SSSR count). The lowest BCUT2D eigenvalue weighted by Gasteiger charge is -2.15. The lowest BCUT2D eigenvalue weighted by molar-refractivity contribution is -0.140. The highest BCUT2D eigenvalue weighted by molar-refractivity contribution is 6.14. The van der Waals surface area contributed by atoms with E-state index in [9.17, 15) is 14.0 Å². The first-order valence-electron chi connectivity index (χ1n) is 5.57. The maximum Gasteiger partial charge on any atom is 0.240 e. The third-order valence-corrected chi connectivity index (χ3v) is 3.96. The maximum atomic E-state index is 13.5. The number of fused-ring (bicyclic) bond motifs is 1. The Hall–Kier alpha value is -1.71. The van der Waals surface area contributed by atoms with Crippen LogP contribution in [0, 0.1) is 18.7 Å². The molecule has 1 aliphatic carbocycles. The van der Waals surface area contributed by atoms with E-state index in [0.29, 0.717) is 17.5 Å². The van der Waals surface area contributed by atoms with Gasteiger partial charge in [-0.15, -0.1) is 0 Å². The number of aryl methyl sites for hydroxylation is 1. The summed E-state index contributed by atoms with van der Waals surface area (Å²) in [5.41, 5.74) is 0.418. The van der Waals surface area contributed by atoms with Crippen LogP contribution in [0.25, 0.3) is 0 Å². The molecule has 3 nitrogen and oxygen atoms in total. The number of carbonyl (C=O) groups is 2. The Morgan fingerprint density at radius 2 is 2.12 bits per heavy atom. The van der Waals surface area contributed by atoms with E-state index in [1.807, 2.05) is 0 Å². The van der Waals surface area contributed by atoms with Gasteiger partial charge >= 0.3 is 0 Å². The van der Waals surface area contributed by atoms with Gasteiger partial charge in [0, 0.05) is 7.05 Å². The summed E-state index contributed by atoms with van der Waals surface area (Å²) in [6, 6.07) is 4.80. The van der Waals surface area contributed by atoms with Gasteiger partial charge in [-0.25, -0.2) is 4.39 Å². The molecule has 1 saturated heterocycles. The Bertz CT molecular complexity index is 554. The summed E-state index contributed by atoms with van der Waals surface area (Å²) >= 11 is 0. The van der Waals surface area contributed by atoms with Crippen LogP contribution in [0.2, 0.25) is 0 Å². The van der Waals surface area contributed by atoms with Gasteiger partial charge in [0.1, 0.15) is 5.82 Å². The van der Waals surface area contributed by atoms with Crippen molar-refractivity contribution in [2.45, 2.75) is 18.8 Å². The van der Waals surface area contributed by atoms with Gasteiger partial charge in [-0.2, -0.15) is 0 Å². The first kappa shape index (κ1) is 10.4. The van der Waals surface area contributed by atoms with Crippen molar-refractivity contribution in [2.24, 2.45) is 5.92 Å². The average molecular weight is 233 g/mol. The topological polar surface area (TPSA) is 37.4 Å². The number of likely N-dealkylation sites (N-methyl/N-ethyl adjacent to an activating group) is 1. The molecule has 0 N–H and O–H groups in total. The molecule has 1 aliphatic heterocycles. The van der Waals surface area contributed by atoms with Crippen molar-refractivity contribution in [3.8, 4) is 0 Å². The number of amides is 2. The standard InChI is InChI=1S/C13H12FNO2/c1-7-3-4-8(5-10(7)14)13-6-9(13)11(16)15(2)12(13)17/h3-5,9H,6H2,1-2H3. The van der Waals surface area contributed by atoms with Crippen molar-refractivity contribution in [3.63, 3.8) is 0 Å². The van der Waals surface area contributed by atoms with Gasteiger partial charge in [-0.05, 0) is 30.5 Å². The van der Waals surface area contributed by atoms with Crippen molar-refractivity contribution in [1.29, 1.82) is 0 Å². The largest absolute Gasteiger partial charge is 0.285 e. The summed E-state index contributed by atoms with van der Waals surface area (Å²) in [5, 5.41) is 0. The fraction of sp³-hybridized carbons (Fsp3) is 0.385. The van der Waals surface area contributed by atoms with E-state index < -0.39 is 5.41 Å². The third-order valence-electron chi connectivity index (χ3n) is 3.96. The van der Waals surface area contributed by atoms with Crippen LogP contribution in [0.5, 0.6) is 0 Å². The number of hydrogen-bond acceptors (Lipinski definition) is 2. The number of rotatable bonds is 1. The Morgan fingerprint density at radius 3 is 2.65 bits per heavy atom. The number of piperidine rings is 1. The van der Waals surface area contributed by atoms with Crippen molar-refractivity contribution < 1.29 is 14.0 Å². The van der Waals surface area contributed by atoms with Gasteiger partial charge in [0.2, 0.25) is 11.8 Å². The molecular weight excluding hydrogens is 221 g/mol. The van der Waals surface area contributed by atoms with Crippen molar-refractivity contribution in [3.05, 3.63) is 35.1 Å². The van der Waals surface area contributed by atoms with Crippen LogP contribution in [-0.2, 0) is 15.0 Å². The summed E-state index contributed by atoms with van der Waals surface area (Å²) in [5.74, 6) is -0.939. The molecule has 88 valence electrons. The second kappa shape index (κ2) is 2.94. The van der Waals surface area contributed by atoms with E-state index in [1.165, 1.54) is 13.1 Å². The second-order valence-electron chi connectivity index (χ2n) is 4.89. The van der Waals surface area contributed by atoms with Crippen LogP contribution in [0.1, 0.15) is 17.5 Å². The Balaban J connectivity index is 2.09. The first-order chi connectivity index (χ1) is 7.98. The van der Waals surface area contributed by atoms with Gasteiger partial charge in [-0.3, -0.25) is 14.5 Å². The molecule has 1 aromatic carbocycles. The monoisotopic (exact) mass is 233 g/mol. The van der Waals surface area contributed by atoms with Crippen LogP contribution in [0.4, 0.5) is 4.39 Å². The third kappa shape index (κ3) is 1.10. The maximum absolute atomic E-state index is 13.5. The SMILES string of the molecule is Cc1ccc(C23CC2C(=O)N(C)C3=O)cc1F. The minimum atomic E-state index is -0.764. The lowest BCUT2D eigenvalue weighted by atomic mass is 9.93. The Morgan fingerprint density at radius 1 is 1.41 bits per heavy atom. The van der Waals surface area contributed by atoms with E-state index in [0.717, 1.165) is 4.90 Å². The highest BCUT2D eigenvalue weighted by atomic mass is 19.1. The molecular formula is C13H12FNO2. The van der Waals surface area contributed by atoms with Crippen LogP contribution < -0.4 is 0 Å². The van der Waals surface area contributed by atoms with Gasteiger partial charge in [0.15, 0.2) is 0 Å². The number of nitrogens with zero attached hydrogens (tertiary/aromatic N) is 1. The first-order valence-corrected chi connectivity index (χ1v) is 5.57. The molecule has 0 aromatic heterocycles. The molecule has 0 bridgehead atoms. The van der Waals surface area contributed by atoms with Crippen LogP contribution in [0.15, 0.2) is 18.2 Å². The van der Waals surface area contributed by atoms with Gasteiger partial charge in [0.25, 0.3) is 0 Å². The van der Waals surface area contributed by atoms with Crippen molar-refractivity contribution >= 4 is 11.8 Å². The highest BCUT2D eigenvalue weighted by Gasteiger charge is 2.71. The number of carbonyl (C=O) groups excluding carboxylic acids is 2. The number of imide groups is 1. The smallest absolute Gasteiger partial charge is 0.240 e. The molecule has 17 heavy (non-hydrogen) atoms. The molecule has 1 aromatic rings. The second-order valence-corrected chi connectivity index (χ2v) is 4.89. The van der Waals surface area contributed by atoms with Crippen molar-refractivity contribution in [1.82, 2.24) is 4.90 Å². The average Bonchev–Trinajstić information content (AvgIpc) is 3.02. The molecule has 2 atom stereocenters. The quantitative estimate of drug-likeness (QED) is 0.687. The fourth-order valence-electron chi connectivity index (χ4n) is 2.74. The zero-order chi connectivity index (χ0) is 12.4. The molecule has 2 unspecified atom stereocenters. The summed E-state index contributed by atoms with van der Waals surface area (Å²) in [4.78, 5) is 24.9. The number of hydrogen-bond donors (Lipinski definition) is 0. The molecule has 4 heteroatoms. The zero-order valence-corrected chi connectivity index (χ0v) is 9.66. The molecule has 2 aliphatic rings. The van der Waals surface area contributed by atoms with Gasteiger partial charge < -0.3 is 0 Å². The van der Waals surface area contributed by atoms with Crippen molar-refractivity contribution in [2.75, 3.05) is 7.05 Å². The summed E-state index contributed by atoms with van der Waals surface area (Å²) in [6.45, 7) is 1.68. The lowest BCUT2D eigenvalue weighted by Crippen LogP contribution is -2.32. The Labute approximate surface area is 98.2 Å². The Kier molecular flexibility index (Phi) is 1.81. The van der Waals surface area contributed by atoms with E-state index in [2.05, 4.69) is 0 Å². The van der Waals surface area contributed by atoms with Crippen LogP contribution in [0.3, 0.4) is 0 Å². The van der Waals surface area contributed by atoms with Gasteiger partial charge in [-0.1, -0.05) is 12.1 Å². The normalized spacial score (nSPS) is 30.8. The molecule has 0 spiro atoms. The number of halogens is 1. The predicted octanol–water partition coefficient (Wildman–Crippen LogP) is 1.39. The minimum absolute atomic E-state index is 0.143.